The molecule has 0 aliphatic rings. The Morgan fingerprint density at radius 2 is 1.48 bits per heavy atom. The Kier molecular flexibility index (Phi) is 6.87. The highest BCUT2D eigenvalue weighted by atomic mass is 16.3. The van der Waals surface area contributed by atoms with Crippen molar-refractivity contribution in [1.29, 1.82) is 0 Å². The van der Waals surface area contributed by atoms with Crippen LogP contribution in [0.1, 0.15) is 11.1 Å². The van der Waals surface area contributed by atoms with Gasteiger partial charge in [-0.15, -0.1) is 0 Å². The first-order valence-corrected chi connectivity index (χ1v) is 7.87. The molecule has 23 heavy (non-hydrogen) atoms. The third-order valence-corrected chi connectivity index (χ3v) is 3.74. The summed E-state index contributed by atoms with van der Waals surface area (Å²) in [5.74, 6) is 0.629. The Morgan fingerprint density at radius 1 is 0.870 bits per heavy atom. The summed E-state index contributed by atoms with van der Waals surface area (Å²) in [5.41, 5.74) is 7.47. The maximum atomic E-state index is 9.88. The van der Waals surface area contributed by atoms with E-state index in [9.17, 15) is 10.2 Å². The summed E-state index contributed by atoms with van der Waals surface area (Å²) >= 11 is 0. The number of phenols is 2. The molecule has 2 aromatic rings. The smallest absolute Gasteiger partial charge is 0.120 e. The lowest BCUT2D eigenvalue weighted by Gasteiger charge is -2.22. The van der Waals surface area contributed by atoms with Crippen molar-refractivity contribution in [1.82, 2.24) is 10.2 Å². The van der Waals surface area contributed by atoms with Crippen LogP contribution in [0.2, 0.25) is 0 Å². The molecular weight excluding hydrogens is 290 g/mol. The summed E-state index contributed by atoms with van der Waals surface area (Å²) < 4.78 is 0. The van der Waals surface area contributed by atoms with Crippen LogP contribution >= 0.6 is 0 Å². The zero-order valence-corrected chi connectivity index (χ0v) is 13.3. The zero-order valence-electron chi connectivity index (χ0n) is 13.3. The normalized spacial score (nSPS) is 11.0. The Labute approximate surface area is 137 Å². The van der Waals surface area contributed by atoms with Gasteiger partial charge in [0, 0.05) is 50.4 Å². The number of hydrogen-bond acceptors (Lipinski definition) is 5. The van der Waals surface area contributed by atoms with Gasteiger partial charge in [0.25, 0.3) is 0 Å². The Morgan fingerprint density at radius 3 is 2.09 bits per heavy atom. The van der Waals surface area contributed by atoms with Gasteiger partial charge in [-0.1, -0.05) is 36.4 Å². The van der Waals surface area contributed by atoms with Crippen LogP contribution < -0.4 is 11.1 Å². The minimum absolute atomic E-state index is 0.313. The second-order valence-corrected chi connectivity index (χ2v) is 5.50. The summed E-state index contributed by atoms with van der Waals surface area (Å²) in [6.07, 6.45) is 0. The summed E-state index contributed by atoms with van der Waals surface area (Å²) in [6.45, 7) is 4.24. The van der Waals surface area contributed by atoms with Gasteiger partial charge in [0.15, 0.2) is 0 Å². The molecule has 0 saturated heterocycles. The summed E-state index contributed by atoms with van der Waals surface area (Å²) in [5, 5.41) is 22.9. The molecule has 0 aliphatic carbocycles. The van der Waals surface area contributed by atoms with Gasteiger partial charge in [0.2, 0.25) is 0 Å². The number of hydrogen-bond donors (Lipinski definition) is 4. The van der Waals surface area contributed by atoms with E-state index < -0.39 is 0 Å². The van der Waals surface area contributed by atoms with Crippen molar-refractivity contribution in [3.8, 4) is 11.5 Å². The molecule has 124 valence electrons. The predicted molar refractivity (Wildman–Crippen MR) is 92.3 cm³/mol. The van der Waals surface area contributed by atoms with E-state index in [0.717, 1.165) is 30.8 Å². The second kappa shape index (κ2) is 9.15. The van der Waals surface area contributed by atoms with Crippen molar-refractivity contribution in [2.75, 3.05) is 26.2 Å². The average molecular weight is 315 g/mol. The van der Waals surface area contributed by atoms with Gasteiger partial charge in [-0.3, -0.25) is 4.90 Å². The van der Waals surface area contributed by atoms with E-state index in [4.69, 9.17) is 5.73 Å². The van der Waals surface area contributed by atoms with E-state index in [1.54, 1.807) is 12.1 Å². The van der Waals surface area contributed by atoms with Crippen molar-refractivity contribution < 1.29 is 10.2 Å². The van der Waals surface area contributed by atoms with Gasteiger partial charge >= 0.3 is 0 Å². The third kappa shape index (κ3) is 5.56. The van der Waals surface area contributed by atoms with Crippen molar-refractivity contribution in [2.45, 2.75) is 13.1 Å². The van der Waals surface area contributed by atoms with E-state index in [1.807, 2.05) is 36.4 Å². The molecule has 0 heterocycles. The average Bonchev–Trinajstić information content (AvgIpc) is 2.55. The number of phenolic OH excluding ortho intramolecular Hbond substituents is 2. The molecule has 0 atom stereocenters. The molecule has 0 unspecified atom stereocenters. The molecular formula is C18H25N3O2. The van der Waals surface area contributed by atoms with Crippen LogP contribution in [0.4, 0.5) is 0 Å². The van der Waals surface area contributed by atoms with Gasteiger partial charge in [-0.2, -0.15) is 0 Å². The zero-order chi connectivity index (χ0) is 16.5. The number of aromatic hydroxyl groups is 2. The minimum atomic E-state index is 0.313. The van der Waals surface area contributed by atoms with E-state index in [1.165, 1.54) is 0 Å². The van der Waals surface area contributed by atoms with E-state index in [-0.39, 0.29) is 0 Å². The molecule has 0 saturated carbocycles. The predicted octanol–water partition coefficient (Wildman–Crippen LogP) is 1.65. The summed E-state index contributed by atoms with van der Waals surface area (Å²) in [7, 11) is 0. The fourth-order valence-electron chi connectivity index (χ4n) is 2.46. The van der Waals surface area contributed by atoms with Crippen LogP contribution in [-0.2, 0) is 13.1 Å². The minimum Gasteiger partial charge on any atom is -0.508 e. The second-order valence-electron chi connectivity index (χ2n) is 5.50. The van der Waals surface area contributed by atoms with Crippen molar-refractivity contribution in [2.24, 2.45) is 5.73 Å². The summed E-state index contributed by atoms with van der Waals surface area (Å²) in [6, 6.07) is 14.7. The van der Waals surface area contributed by atoms with Crippen molar-refractivity contribution in [3.05, 3.63) is 59.7 Å². The molecule has 5 N–H and O–H groups in total. The molecule has 0 bridgehead atoms. The molecule has 0 fully saturated rings. The molecule has 0 aromatic heterocycles. The topological polar surface area (TPSA) is 81.8 Å². The molecule has 5 nitrogen and oxygen atoms in total. The van der Waals surface area contributed by atoms with Gasteiger partial charge < -0.3 is 21.3 Å². The van der Waals surface area contributed by atoms with Gasteiger partial charge in [0.05, 0.1) is 0 Å². The molecule has 0 amide bonds. The molecule has 2 rings (SSSR count). The van der Waals surface area contributed by atoms with Crippen LogP contribution in [0.3, 0.4) is 0 Å². The van der Waals surface area contributed by atoms with Crippen LogP contribution in [-0.4, -0.2) is 41.3 Å². The maximum Gasteiger partial charge on any atom is 0.120 e. The highest BCUT2D eigenvalue weighted by molar-refractivity contribution is 5.32. The maximum absolute atomic E-state index is 9.88. The van der Waals surface area contributed by atoms with Gasteiger partial charge in [0.1, 0.15) is 11.5 Å². The fourth-order valence-corrected chi connectivity index (χ4v) is 2.46. The first kappa shape index (κ1) is 17.3. The van der Waals surface area contributed by atoms with Gasteiger partial charge in [-0.25, -0.2) is 0 Å². The van der Waals surface area contributed by atoms with E-state index in [0.29, 0.717) is 31.1 Å². The Bertz CT molecular complexity index is 604. The molecule has 0 radical (unpaired) electrons. The largest absolute Gasteiger partial charge is 0.508 e. The molecule has 5 heteroatoms. The van der Waals surface area contributed by atoms with Crippen LogP contribution in [0.25, 0.3) is 0 Å². The molecule has 0 spiro atoms. The lowest BCUT2D eigenvalue weighted by Crippen LogP contribution is -2.35. The quantitative estimate of drug-likeness (QED) is 0.529. The Hall–Kier alpha value is -2.08. The van der Waals surface area contributed by atoms with Crippen LogP contribution in [0, 0.1) is 0 Å². The monoisotopic (exact) mass is 315 g/mol. The van der Waals surface area contributed by atoms with E-state index in [2.05, 4.69) is 10.2 Å². The number of rotatable bonds is 9. The van der Waals surface area contributed by atoms with Crippen molar-refractivity contribution >= 4 is 0 Å². The molecule has 2 aromatic carbocycles. The first-order valence-electron chi connectivity index (χ1n) is 7.87. The van der Waals surface area contributed by atoms with E-state index >= 15 is 0 Å². The number of nitrogens with zero attached hydrogens (tertiary/aromatic N) is 1. The SMILES string of the molecule is NCCN(CCNCc1ccccc1O)Cc1ccccc1O. The highest BCUT2D eigenvalue weighted by Crippen LogP contribution is 2.17. The lowest BCUT2D eigenvalue weighted by atomic mass is 10.2. The lowest BCUT2D eigenvalue weighted by molar-refractivity contribution is 0.268. The number of para-hydroxylation sites is 2. The number of nitrogens with two attached hydrogens (primary N) is 1. The molecule has 0 aliphatic heterocycles. The standard InChI is InChI=1S/C18H25N3O2/c19-9-11-21(14-16-6-2-4-8-18(16)23)12-10-20-13-15-5-1-3-7-17(15)22/h1-8,20,22-23H,9-14,19H2. The highest BCUT2D eigenvalue weighted by Gasteiger charge is 2.08. The first-order chi connectivity index (χ1) is 11.2. The summed E-state index contributed by atoms with van der Waals surface area (Å²) in [4.78, 5) is 2.20. The van der Waals surface area contributed by atoms with Crippen LogP contribution in [0.5, 0.6) is 11.5 Å². The number of nitrogens with one attached hydrogen (secondary N) is 1. The van der Waals surface area contributed by atoms with Crippen LogP contribution in [0.15, 0.2) is 48.5 Å². The number of benzene rings is 2. The van der Waals surface area contributed by atoms with Crippen molar-refractivity contribution in [3.63, 3.8) is 0 Å². The fraction of sp³-hybridized carbons (Fsp3) is 0.333. The van der Waals surface area contributed by atoms with Gasteiger partial charge in [-0.05, 0) is 12.1 Å². The third-order valence-electron chi connectivity index (χ3n) is 3.74. The Balaban J connectivity index is 1.81.